The first-order chi connectivity index (χ1) is 11.8. The van der Waals surface area contributed by atoms with Gasteiger partial charge in [-0.2, -0.15) is 0 Å². The molecule has 5 heteroatoms. The Morgan fingerprint density at radius 2 is 2.04 bits per heavy atom. The summed E-state index contributed by atoms with van der Waals surface area (Å²) in [7, 11) is 1.69. The lowest BCUT2D eigenvalue weighted by Crippen LogP contribution is -2.40. The summed E-state index contributed by atoms with van der Waals surface area (Å²) in [4.78, 5) is 7.32. The third kappa shape index (κ3) is 5.71. The fourth-order valence-electron chi connectivity index (χ4n) is 3.17. The van der Waals surface area contributed by atoms with E-state index in [0.717, 1.165) is 44.3 Å². The van der Waals surface area contributed by atoms with Gasteiger partial charge in [0, 0.05) is 19.1 Å². The molecule has 1 aliphatic heterocycles. The Bertz CT molecular complexity index is 501. The Kier molecular flexibility index (Phi) is 7.89. The van der Waals surface area contributed by atoms with E-state index < -0.39 is 0 Å². The topological polar surface area (TPSA) is 48.9 Å². The Morgan fingerprint density at radius 3 is 2.71 bits per heavy atom. The van der Waals surface area contributed by atoms with E-state index in [1.165, 1.54) is 24.9 Å². The second-order valence-electron chi connectivity index (χ2n) is 6.17. The highest BCUT2D eigenvalue weighted by Crippen LogP contribution is 2.16. The maximum absolute atomic E-state index is 5.19. The van der Waals surface area contributed by atoms with Crippen molar-refractivity contribution in [3.63, 3.8) is 0 Å². The van der Waals surface area contributed by atoms with E-state index in [9.17, 15) is 0 Å². The van der Waals surface area contributed by atoms with Crippen LogP contribution in [0, 0.1) is 0 Å². The minimum Gasteiger partial charge on any atom is -0.497 e. The van der Waals surface area contributed by atoms with Gasteiger partial charge >= 0.3 is 0 Å². The summed E-state index contributed by atoms with van der Waals surface area (Å²) in [6, 6.07) is 8.85. The number of ether oxygens (including phenoxy) is 1. The van der Waals surface area contributed by atoms with Gasteiger partial charge in [0.15, 0.2) is 5.96 Å². The lowest BCUT2D eigenvalue weighted by atomic mass is 10.1. The number of likely N-dealkylation sites (tertiary alicyclic amines) is 1. The number of hydrogen-bond acceptors (Lipinski definition) is 3. The van der Waals surface area contributed by atoms with E-state index in [-0.39, 0.29) is 0 Å². The van der Waals surface area contributed by atoms with Gasteiger partial charge in [-0.25, -0.2) is 0 Å². The number of likely N-dealkylation sites (N-methyl/N-ethyl adjacent to an activating group) is 1. The molecule has 2 rings (SSSR count). The molecule has 0 spiro atoms. The summed E-state index contributed by atoms with van der Waals surface area (Å²) in [5, 5.41) is 6.79. The van der Waals surface area contributed by atoms with Crippen molar-refractivity contribution in [1.82, 2.24) is 15.5 Å². The molecule has 24 heavy (non-hydrogen) atoms. The van der Waals surface area contributed by atoms with Gasteiger partial charge < -0.3 is 15.4 Å². The lowest BCUT2D eigenvalue weighted by Gasteiger charge is -2.21. The van der Waals surface area contributed by atoms with Gasteiger partial charge in [0.2, 0.25) is 0 Å². The van der Waals surface area contributed by atoms with Gasteiger partial charge in [-0.15, -0.1) is 0 Å². The third-order valence-electron chi connectivity index (χ3n) is 4.57. The van der Waals surface area contributed by atoms with E-state index in [1.54, 1.807) is 7.11 Å². The summed E-state index contributed by atoms with van der Waals surface area (Å²) in [6.07, 6.45) is 3.54. The quantitative estimate of drug-likeness (QED) is 0.566. The van der Waals surface area contributed by atoms with Crippen molar-refractivity contribution in [3.8, 4) is 5.75 Å². The Balaban J connectivity index is 1.80. The number of hydrogen-bond donors (Lipinski definition) is 2. The molecule has 134 valence electrons. The van der Waals surface area contributed by atoms with Crippen LogP contribution in [-0.2, 0) is 6.42 Å². The molecule has 5 nitrogen and oxygen atoms in total. The van der Waals surface area contributed by atoms with Crippen molar-refractivity contribution < 1.29 is 4.74 Å². The molecular formula is C19H32N4O. The molecule has 1 aromatic rings. The number of nitrogens with zero attached hydrogens (tertiary/aromatic N) is 2. The summed E-state index contributed by atoms with van der Waals surface area (Å²) in [5.74, 6) is 1.83. The van der Waals surface area contributed by atoms with Gasteiger partial charge in [0.25, 0.3) is 0 Å². The minimum absolute atomic E-state index is 0.604. The number of benzene rings is 1. The first kappa shape index (κ1) is 18.6. The molecule has 0 aliphatic carbocycles. The molecule has 1 fully saturated rings. The molecule has 0 saturated carbocycles. The molecule has 2 N–H and O–H groups in total. The highest BCUT2D eigenvalue weighted by atomic mass is 16.5. The van der Waals surface area contributed by atoms with Gasteiger partial charge in [-0.05, 0) is 57.0 Å². The van der Waals surface area contributed by atoms with Crippen LogP contribution in [0.25, 0.3) is 0 Å². The number of guanidine groups is 1. The molecule has 1 atom stereocenters. The summed E-state index contributed by atoms with van der Waals surface area (Å²) >= 11 is 0. The molecule has 1 saturated heterocycles. The number of nitrogens with one attached hydrogen (secondary N) is 2. The van der Waals surface area contributed by atoms with Crippen LogP contribution in [0.15, 0.2) is 29.3 Å². The van der Waals surface area contributed by atoms with Crippen LogP contribution in [0.1, 0.15) is 32.3 Å². The largest absolute Gasteiger partial charge is 0.497 e. The molecule has 1 aromatic carbocycles. The van der Waals surface area contributed by atoms with Crippen LogP contribution < -0.4 is 15.4 Å². The fraction of sp³-hybridized carbons (Fsp3) is 0.632. The van der Waals surface area contributed by atoms with Crippen molar-refractivity contribution in [3.05, 3.63) is 29.8 Å². The average molecular weight is 332 g/mol. The van der Waals surface area contributed by atoms with Crippen LogP contribution in [0.5, 0.6) is 5.75 Å². The first-order valence-corrected chi connectivity index (χ1v) is 9.16. The van der Waals surface area contributed by atoms with E-state index in [0.29, 0.717) is 6.04 Å². The average Bonchev–Trinajstić information content (AvgIpc) is 3.08. The van der Waals surface area contributed by atoms with Crippen LogP contribution in [0.2, 0.25) is 0 Å². The summed E-state index contributed by atoms with van der Waals surface area (Å²) < 4.78 is 5.19. The predicted molar refractivity (Wildman–Crippen MR) is 101 cm³/mol. The van der Waals surface area contributed by atoms with Crippen molar-refractivity contribution >= 4 is 5.96 Å². The SMILES string of the molecule is CCNC(=NCC1CCCN1CC)NCCc1ccc(OC)cc1. The van der Waals surface area contributed by atoms with Crippen LogP contribution in [0.4, 0.5) is 0 Å². The first-order valence-electron chi connectivity index (χ1n) is 9.16. The van der Waals surface area contributed by atoms with E-state index in [1.807, 2.05) is 12.1 Å². The molecule has 1 aliphatic rings. The van der Waals surface area contributed by atoms with Crippen molar-refractivity contribution in [2.24, 2.45) is 4.99 Å². The van der Waals surface area contributed by atoms with Crippen LogP contribution >= 0.6 is 0 Å². The van der Waals surface area contributed by atoms with Crippen molar-refractivity contribution in [2.75, 3.05) is 39.8 Å². The Morgan fingerprint density at radius 1 is 1.25 bits per heavy atom. The maximum Gasteiger partial charge on any atom is 0.191 e. The zero-order chi connectivity index (χ0) is 17.2. The normalized spacial score (nSPS) is 18.6. The number of methoxy groups -OCH3 is 1. The number of rotatable bonds is 8. The standard InChI is InChI=1S/C19H32N4O/c1-4-20-19(22-15-17-7-6-14-23(17)5-2)21-13-12-16-8-10-18(24-3)11-9-16/h8-11,17H,4-7,12-15H2,1-3H3,(H2,20,21,22). The smallest absolute Gasteiger partial charge is 0.191 e. The molecular weight excluding hydrogens is 300 g/mol. The summed E-state index contributed by atoms with van der Waals surface area (Å²) in [5.41, 5.74) is 1.30. The van der Waals surface area contributed by atoms with E-state index in [4.69, 9.17) is 9.73 Å². The monoisotopic (exact) mass is 332 g/mol. The molecule has 0 aromatic heterocycles. The zero-order valence-corrected chi connectivity index (χ0v) is 15.3. The van der Waals surface area contributed by atoms with Gasteiger partial charge in [0.1, 0.15) is 5.75 Å². The van der Waals surface area contributed by atoms with Crippen LogP contribution in [-0.4, -0.2) is 56.7 Å². The summed E-state index contributed by atoms with van der Waals surface area (Å²) in [6.45, 7) is 9.33. The van der Waals surface area contributed by atoms with E-state index in [2.05, 4.69) is 41.5 Å². The second-order valence-corrected chi connectivity index (χ2v) is 6.17. The van der Waals surface area contributed by atoms with Crippen molar-refractivity contribution in [2.45, 2.75) is 39.2 Å². The van der Waals surface area contributed by atoms with E-state index >= 15 is 0 Å². The second kappa shape index (κ2) is 10.2. The molecule has 0 amide bonds. The minimum atomic E-state index is 0.604. The maximum atomic E-state index is 5.19. The third-order valence-corrected chi connectivity index (χ3v) is 4.57. The Labute approximate surface area is 146 Å². The lowest BCUT2D eigenvalue weighted by molar-refractivity contribution is 0.273. The number of aliphatic imine (C=N–C) groups is 1. The fourth-order valence-corrected chi connectivity index (χ4v) is 3.17. The van der Waals surface area contributed by atoms with Gasteiger partial charge in [-0.1, -0.05) is 19.1 Å². The van der Waals surface area contributed by atoms with Gasteiger partial charge in [0.05, 0.1) is 13.7 Å². The highest BCUT2D eigenvalue weighted by molar-refractivity contribution is 5.79. The Hall–Kier alpha value is -1.75. The molecule has 1 unspecified atom stereocenters. The molecule has 1 heterocycles. The molecule has 0 bridgehead atoms. The van der Waals surface area contributed by atoms with Gasteiger partial charge in [-0.3, -0.25) is 9.89 Å². The van der Waals surface area contributed by atoms with Crippen molar-refractivity contribution in [1.29, 1.82) is 0 Å². The highest BCUT2D eigenvalue weighted by Gasteiger charge is 2.22. The van der Waals surface area contributed by atoms with Crippen LogP contribution in [0.3, 0.4) is 0 Å². The predicted octanol–water partition coefficient (Wildman–Crippen LogP) is 2.28. The zero-order valence-electron chi connectivity index (χ0n) is 15.3. The molecule has 0 radical (unpaired) electrons.